The fourth-order valence-corrected chi connectivity index (χ4v) is 3.85. The number of aryl methyl sites for hydroxylation is 1. The van der Waals surface area contributed by atoms with Gasteiger partial charge in [0.1, 0.15) is 5.75 Å². The lowest BCUT2D eigenvalue weighted by Crippen LogP contribution is -2.23. The molecule has 1 atom stereocenters. The minimum atomic E-state index is -0.322. The fraction of sp³-hybridized carbons (Fsp3) is 0.448. The van der Waals surface area contributed by atoms with Crippen LogP contribution in [0.4, 0.5) is 5.69 Å². The van der Waals surface area contributed by atoms with E-state index in [1.807, 2.05) is 38.1 Å². The molecule has 0 amide bonds. The van der Waals surface area contributed by atoms with Crippen LogP contribution in [0.2, 0.25) is 0 Å². The van der Waals surface area contributed by atoms with Gasteiger partial charge >= 0.3 is 0 Å². The van der Waals surface area contributed by atoms with Gasteiger partial charge < -0.3 is 5.11 Å². The normalized spacial score (nSPS) is 12.2. The summed E-state index contributed by atoms with van der Waals surface area (Å²) in [4.78, 5) is 10.5. The van der Waals surface area contributed by atoms with Gasteiger partial charge in [-0.25, -0.2) is 0 Å². The largest absolute Gasteiger partial charge is 0.508 e. The van der Waals surface area contributed by atoms with Crippen molar-refractivity contribution in [2.75, 3.05) is 0 Å². The highest BCUT2D eigenvalue weighted by Gasteiger charge is 2.30. The Labute approximate surface area is 199 Å². The molecule has 3 aromatic carbocycles. The maximum Gasteiger partial charge on any atom is 0.280 e. The van der Waals surface area contributed by atoms with Crippen molar-refractivity contribution in [3.05, 3.63) is 81.9 Å². The predicted octanol–water partition coefficient (Wildman–Crippen LogP) is 9.04. The Balaban J connectivity index is 0.000000311. The molecule has 180 valence electrons. The smallest absolute Gasteiger partial charge is 0.280 e. The van der Waals surface area contributed by atoms with Crippen molar-refractivity contribution in [1.29, 1.82) is 0 Å². The van der Waals surface area contributed by atoms with E-state index in [0.29, 0.717) is 28.0 Å². The van der Waals surface area contributed by atoms with Crippen molar-refractivity contribution in [2.24, 2.45) is 10.8 Å². The van der Waals surface area contributed by atoms with E-state index in [9.17, 15) is 15.2 Å². The Bertz CT molecular complexity index is 1030. The number of nitro benzene ring substituents is 1. The fourth-order valence-electron chi connectivity index (χ4n) is 3.85. The van der Waals surface area contributed by atoms with Crippen LogP contribution >= 0.6 is 0 Å². The zero-order valence-electron chi connectivity index (χ0n) is 21.8. The lowest BCUT2D eigenvalue weighted by Gasteiger charge is -2.36. The average Bonchev–Trinajstić information content (AvgIpc) is 2.73. The zero-order valence-corrected chi connectivity index (χ0v) is 21.8. The summed E-state index contributed by atoms with van der Waals surface area (Å²) in [6.07, 6.45) is 1.15. The van der Waals surface area contributed by atoms with E-state index in [0.717, 1.165) is 11.8 Å². The number of phenols is 1. The van der Waals surface area contributed by atoms with Gasteiger partial charge in [-0.1, -0.05) is 97.9 Å². The summed E-state index contributed by atoms with van der Waals surface area (Å²) in [7, 11) is 0. The number of aromatic hydroxyl groups is 1. The molecule has 0 fully saturated rings. The van der Waals surface area contributed by atoms with Crippen LogP contribution in [0.3, 0.4) is 0 Å². The van der Waals surface area contributed by atoms with Gasteiger partial charge in [-0.2, -0.15) is 0 Å². The highest BCUT2D eigenvalue weighted by Crippen LogP contribution is 2.43. The lowest BCUT2D eigenvalue weighted by molar-refractivity contribution is -0.383. The van der Waals surface area contributed by atoms with Crippen LogP contribution in [0.5, 0.6) is 5.75 Å². The first-order chi connectivity index (χ1) is 15.3. The van der Waals surface area contributed by atoms with Gasteiger partial charge in [-0.05, 0) is 59.2 Å². The molecule has 0 saturated heterocycles. The topological polar surface area (TPSA) is 63.4 Å². The van der Waals surface area contributed by atoms with Crippen LogP contribution in [0.15, 0.2) is 60.7 Å². The molecule has 0 bridgehead atoms. The van der Waals surface area contributed by atoms with Gasteiger partial charge in [-0.3, -0.25) is 10.1 Å². The van der Waals surface area contributed by atoms with Gasteiger partial charge in [0.15, 0.2) is 0 Å². The van der Waals surface area contributed by atoms with E-state index in [4.69, 9.17) is 0 Å². The third kappa shape index (κ3) is 8.53. The molecule has 0 saturated carbocycles. The third-order valence-corrected chi connectivity index (χ3v) is 5.44. The van der Waals surface area contributed by atoms with Crippen molar-refractivity contribution in [1.82, 2.24) is 0 Å². The molecule has 1 unspecified atom stereocenters. The number of phenolic OH excluding ortho intramolecular Hbond substituents is 1. The minimum Gasteiger partial charge on any atom is -0.508 e. The van der Waals surface area contributed by atoms with Crippen LogP contribution in [0.25, 0.3) is 10.8 Å². The molecule has 0 aliphatic rings. The lowest BCUT2D eigenvalue weighted by atomic mass is 9.69. The third-order valence-electron chi connectivity index (χ3n) is 5.44. The number of nitrogens with zero attached hydrogens (tertiary/aromatic N) is 1. The first kappa shape index (κ1) is 28.2. The van der Waals surface area contributed by atoms with E-state index >= 15 is 0 Å². The van der Waals surface area contributed by atoms with E-state index < -0.39 is 0 Å². The monoisotopic (exact) mass is 451 g/mol. The number of benzene rings is 3. The molecule has 0 aliphatic carbocycles. The first-order valence-electron chi connectivity index (χ1n) is 11.7. The summed E-state index contributed by atoms with van der Waals surface area (Å²) in [6, 6.07) is 18.7. The Morgan fingerprint density at radius 1 is 0.879 bits per heavy atom. The maximum atomic E-state index is 10.8. The van der Waals surface area contributed by atoms with Crippen LogP contribution < -0.4 is 0 Å². The van der Waals surface area contributed by atoms with Crippen LogP contribution in [0.1, 0.15) is 78.9 Å². The quantitative estimate of drug-likeness (QED) is 0.319. The molecular weight excluding hydrogens is 410 g/mol. The standard InChI is InChI=1S/C16H26O.C11H9NO2.C2H6/c1-15(2,3)11-14(16(4,5)6)12-7-9-13(17)10-8-12;1-8-6-7-9-4-2-3-5-10(9)11(8)12(13)14;1-2/h7-10,14,17H,11H2,1-6H3;2-7H,1H3;1-2H3. The molecule has 1 N–H and O–H groups in total. The summed E-state index contributed by atoms with van der Waals surface area (Å²) in [6.45, 7) is 19.5. The van der Waals surface area contributed by atoms with Crippen LogP contribution in [-0.2, 0) is 0 Å². The average molecular weight is 452 g/mol. The number of hydrogen-bond acceptors (Lipinski definition) is 3. The number of rotatable bonds is 3. The SMILES string of the molecule is CC.CC(C)(C)CC(c1ccc(O)cc1)C(C)(C)C.Cc1ccc2ccccc2c1[N+](=O)[O-]. The van der Waals surface area contributed by atoms with E-state index in [-0.39, 0.29) is 16.0 Å². The molecule has 0 radical (unpaired) electrons. The van der Waals surface area contributed by atoms with Crippen molar-refractivity contribution < 1.29 is 10.0 Å². The highest BCUT2D eigenvalue weighted by molar-refractivity contribution is 5.92. The summed E-state index contributed by atoms with van der Waals surface area (Å²) >= 11 is 0. The summed E-state index contributed by atoms with van der Waals surface area (Å²) in [5.74, 6) is 0.861. The van der Waals surface area contributed by atoms with Gasteiger partial charge in [-0.15, -0.1) is 0 Å². The molecule has 0 aromatic heterocycles. The van der Waals surface area contributed by atoms with Crippen molar-refractivity contribution in [2.45, 2.75) is 74.7 Å². The minimum absolute atomic E-state index is 0.211. The molecule has 3 rings (SSSR count). The maximum absolute atomic E-state index is 10.8. The molecule has 33 heavy (non-hydrogen) atoms. The Morgan fingerprint density at radius 2 is 1.42 bits per heavy atom. The van der Waals surface area contributed by atoms with Crippen LogP contribution in [-0.4, -0.2) is 10.0 Å². The zero-order chi connectivity index (χ0) is 25.4. The number of hydrogen-bond donors (Lipinski definition) is 1. The second kappa shape index (κ2) is 11.8. The van der Waals surface area contributed by atoms with Crippen molar-refractivity contribution >= 4 is 16.5 Å². The van der Waals surface area contributed by atoms with Gasteiger partial charge in [0.2, 0.25) is 0 Å². The van der Waals surface area contributed by atoms with E-state index in [2.05, 4.69) is 53.7 Å². The Hall–Kier alpha value is -2.88. The molecular formula is C29H41NO3. The Morgan fingerprint density at radius 3 is 1.91 bits per heavy atom. The van der Waals surface area contributed by atoms with Gasteiger partial charge in [0, 0.05) is 5.56 Å². The van der Waals surface area contributed by atoms with Crippen molar-refractivity contribution in [3.63, 3.8) is 0 Å². The molecule has 0 spiro atoms. The first-order valence-corrected chi connectivity index (χ1v) is 11.7. The summed E-state index contributed by atoms with van der Waals surface area (Å²) in [5, 5.41) is 21.8. The highest BCUT2D eigenvalue weighted by atomic mass is 16.6. The van der Waals surface area contributed by atoms with Crippen LogP contribution in [0, 0.1) is 27.9 Å². The Kier molecular flexibility index (Phi) is 10.1. The van der Waals surface area contributed by atoms with Crippen molar-refractivity contribution in [3.8, 4) is 5.75 Å². The van der Waals surface area contributed by atoms with Gasteiger partial charge in [0.05, 0.1) is 10.3 Å². The molecule has 4 nitrogen and oxygen atoms in total. The van der Waals surface area contributed by atoms with E-state index in [1.165, 1.54) is 5.56 Å². The predicted molar refractivity (Wildman–Crippen MR) is 141 cm³/mol. The van der Waals surface area contributed by atoms with E-state index in [1.54, 1.807) is 31.2 Å². The second-order valence-corrected chi connectivity index (χ2v) is 10.5. The number of fused-ring (bicyclic) bond motifs is 1. The molecule has 0 aliphatic heterocycles. The summed E-state index contributed by atoms with van der Waals surface area (Å²) < 4.78 is 0. The molecule has 4 heteroatoms. The molecule has 0 heterocycles. The molecule has 3 aromatic rings. The second-order valence-electron chi connectivity index (χ2n) is 10.5. The summed E-state index contributed by atoms with van der Waals surface area (Å²) in [5.41, 5.74) is 2.79. The number of nitro groups is 1. The van der Waals surface area contributed by atoms with Gasteiger partial charge in [0.25, 0.3) is 5.69 Å².